The van der Waals surface area contributed by atoms with Gasteiger partial charge in [-0.05, 0) is 23.8 Å². The molecule has 6 rings (SSSR count). The number of rotatable bonds is 4. The maximum absolute atomic E-state index is 11.1. The van der Waals surface area contributed by atoms with Crippen LogP contribution in [0, 0.1) is 0 Å². The lowest BCUT2D eigenvalue weighted by molar-refractivity contribution is -0.00972. The Balaban J connectivity index is 1.33. The molecule has 0 fully saturated rings. The van der Waals surface area contributed by atoms with Crippen LogP contribution in [0.25, 0.3) is 21.3 Å². The van der Waals surface area contributed by atoms with Crippen LogP contribution in [0.5, 0.6) is 0 Å². The number of benzene rings is 2. The molecule has 2 aromatic carbocycles. The van der Waals surface area contributed by atoms with E-state index in [2.05, 4.69) is 20.6 Å². The fourth-order valence-corrected chi connectivity index (χ4v) is 5.10. The largest absolute Gasteiger partial charge is 0.367 e. The van der Waals surface area contributed by atoms with Gasteiger partial charge in [-0.15, -0.1) is 0 Å². The third-order valence-electron chi connectivity index (χ3n) is 5.60. The zero-order valence-corrected chi connectivity index (χ0v) is 17.5. The summed E-state index contributed by atoms with van der Waals surface area (Å²) in [6, 6.07) is 16.0. The van der Waals surface area contributed by atoms with Crippen LogP contribution in [-0.4, -0.2) is 36.1 Å². The molecule has 0 saturated heterocycles. The summed E-state index contributed by atoms with van der Waals surface area (Å²) in [4.78, 5) is 4.76. The molecule has 0 bridgehead atoms. The van der Waals surface area contributed by atoms with Gasteiger partial charge in [0.25, 0.3) is 0 Å². The molecule has 0 aliphatic carbocycles. The van der Waals surface area contributed by atoms with E-state index in [1.54, 1.807) is 22.5 Å². The first kappa shape index (κ1) is 18.1. The number of thiazole rings is 1. The van der Waals surface area contributed by atoms with Gasteiger partial charge in [-0.1, -0.05) is 41.7 Å². The Bertz CT molecular complexity index is 1430. The lowest BCUT2D eigenvalue weighted by Crippen LogP contribution is -2.28. The number of H-pyrrole nitrogens is 1. The monoisotopic (exact) mass is 429 g/mol. The van der Waals surface area contributed by atoms with E-state index in [0.29, 0.717) is 6.54 Å². The minimum absolute atomic E-state index is 0.473. The molecule has 154 valence electrons. The fraction of sp³-hybridized carbons (Fsp3) is 0.136. The van der Waals surface area contributed by atoms with E-state index in [0.717, 1.165) is 48.9 Å². The van der Waals surface area contributed by atoms with Crippen molar-refractivity contribution < 1.29 is 5.11 Å². The summed E-state index contributed by atoms with van der Waals surface area (Å²) >= 11 is 1.56. The predicted molar refractivity (Wildman–Crippen MR) is 123 cm³/mol. The van der Waals surface area contributed by atoms with Gasteiger partial charge in [0, 0.05) is 23.7 Å². The second kappa shape index (κ2) is 6.93. The van der Waals surface area contributed by atoms with Crippen LogP contribution in [-0.2, 0) is 13.6 Å². The first-order chi connectivity index (χ1) is 15.2. The molecular weight excluding hydrogens is 410 g/mol. The van der Waals surface area contributed by atoms with Gasteiger partial charge in [-0.2, -0.15) is 10.2 Å². The van der Waals surface area contributed by atoms with E-state index in [1.807, 2.05) is 66.4 Å². The highest BCUT2D eigenvalue weighted by Crippen LogP contribution is 2.39. The summed E-state index contributed by atoms with van der Waals surface area (Å²) in [6.45, 7) is 0.473. The number of fused-ring (bicyclic) bond motifs is 4. The Morgan fingerprint density at radius 3 is 2.90 bits per heavy atom. The smallest absolute Gasteiger partial charge is 0.189 e. The molecule has 5 aromatic rings. The Hall–Kier alpha value is -3.69. The second-order valence-electron chi connectivity index (χ2n) is 7.48. The molecule has 0 spiro atoms. The Labute approximate surface area is 181 Å². The predicted octanol–water partition coefficient (Wildman–Crippen LogP) is 4.10. The van der Waals surface area contributed by atoms with Crippen molar-refractivity contribution in [3.05, 3.63) is 71.5 Å². The van der Waals surface area contributed by atoms with Gasteiger partial charge in [0.2, 0.25) is 0 Å². The van der Waals surface area contributed by atoms with Crippen LogP contribution in [0.1, 0.15) is 23.0 Å². The molecule has 1 aliphatic heterocycles. The van der Waals surface area contributed by atoms with Crippen molar-refractivity contribution in [3.63, 3.8) is 0 Å². The number of para-hydroxylation sites is 1. The number of aromatic amines is 1. The molecule has 3 aromatic heterocycles. The number of anilines is 2. The normalized spacial score (nSPS) is 15.7. The minimum Gasteiger partial charge on any atom is -0.367 e. The number of aromatic nitrogens is 4. The van der Waals surface area contributed by atoms with Gasteiger partial charge >= 0.3 is 0 Å². The summed E-state index contributed by atoms with van der Waals surface area (Å²) in [5.74, 6) is 0. The van der Waals surface area contributed by atoms with E-state index in [-0.39, 0.29) is 0 Å². The van der Waals surface area contributed by atoms with E-state index in [1.165, 1.54) is 0 Å². The second-order valence-corrected chi connectivity index (χ2v) is 8.48. The zero-order valence-electron chi connectivity index (χ0n) is 16.6. The summed E-state index contributed by atoms with van der Waals surface area (Å²) < 4.78 is 2.97. The minimum atomic E-state index is -0.862. The van der Waals surface area contributed by atoms with E-state index in [9.17, 15) is 5.11 Å². The molecule has 1 unspecified atom stereocenters. The number of nitrogens with one attached hydrogen (secondary N) is 2. The van der Waals surface area contributed by atoms with Crippen molar-refractivity contribution in [1.82, 2.24) is 24.8 Å². The van der Waals surface area contributed by atoms with Crippen LogP contribution in [0.2, 0.25) is 0 Å². The highest BCUT2D eigenvalue weighted by molar-refractivity contribution is 7.22. The molecule has 8 nitrogen and oxygen atoms in total. The molecule has 0 radical (unpaired) electrons. The number of hydrazone groups is 1. The molecule has 1 atom stereocenters. The molecule has 3 N–H and O–H groups in total. The summed E-state index contributed by atoms with van der Waals surface area (Å²) in [7, 11) is 1.94. The number of nitrogens with zero attached hydrogens (tertiary/aromatic N) is 5. The summed E-state index contributed by atoms with van der Waals surface area (Å²) in [6.07, 6.45) is 2.77. The maximum atomic E-state index is 11.1. The quantitative estimate of drug-likeness (QED) is 0.400. The molecule has 4 heterocycles. The van der Waals surface area contributed by atoms with Gasteiger partial charge in [-0.3, -0.25) is 10.1 Å². The van der Waals surface area contributed by atoms with Crippen molar-refractivity contribution >= 4 is 49.6 Å². The van der Waals surface area contributed by atoms with Gasteiger partial charge in [0.1, 0.15) is 0 Å². The van der Waals surface area contributed by atoms with Crippen LogP contribution < -0.4 is 5.32 Å². The van der Waals surface area contributed by atoms with Gasteiger partial charge in [0.05, 0.1) is 34.9 Å². The summed E-state index contributed by atoms with van der Waals surface area (Å²) in [5.41, 5.74) is 5.56. The molecule has 9 heteroatoms. The lowest BCUT2D eigenvalue weighted by atomic mass is 10.1. The molecule has 0 amide bonds. The van der Waals surface area contributed by atoms with Gasteiger partial charge < -0.3 is 15.0 Å². The number of aryl methyl sites for hydroxylation is 1. The zero-order chi connectivity index (χ0) is 20.9. The van der Waals surface area contributed by atoms with Crippen molar-refractivity contribution in [2.75, 3.05) is 5.32 Å². The topological polar surface area (TPSA) is 94.4 Å². The van der Waals surface area contributed by atoms with Crippen LogP contribution in [0.4, 0.5) is 10.8 Å². The number of hydrogen-bond acceptors (Lipinski definition) is 7. The molecule has 31 heavy (non-hydrogen) atoms. The number of aliphatic hydroxyl groups is 1. The number of aliphatic hydroxyl groups excluding tert-OH is 1. The van der Waals surface area contributed by atoms with Crippen LogP contribution >= 0.6 is 11.3 Å². The highest BCUT2D eigenvalue weighted by atomic mass is 32.1. The van der Waals surface area contributed by atoms with Gasteiger partial charge in [-0.25, -0.2) is 4.98 Å². The maximum Gasteiger partial charge on any atom is 0.189 e. The first-order valence-corrected chi connectivity index (χ1v) is 10.7. The Morgan fingerprint density at radius 1 is 1.16 bits per heavy atom. The first-order valence-electron chi connectivity index (χ1n) is 9.90. The Kier molecular flexibility index (Phi) is 4.05. The third kappa shape index (κ3) is 2.89. The van der Waals surface area contributed by atoms with Crippen LogP contribution in [0.3, 0.4) is 0 Å². The third-order valence-corrected chi connectivity index (χ3v) is 6.60. The van der Waals surface area contributed by atoms with Crippen molar-refractivity contribution in [1.29, 1.82) is 0 Å². The van der Waals surface area contributed by atoms with Crippen molar-refractivity contribution in [3.8, 4) is 0 Å². The average molecular weight is 430 g/mol. The molecule has 0 saturated carbocycles. The Morgan fingerprint density at radius 2 is 2.03 bits per heavy atom. The van der Waals surface area contributed by atoms with E-state index in [4.69, 9.17) is 4.98 Å². The standard InChI is InChI=1S/C22H19N7OS/c1-28-18-16(19-20(28)26-22(31-19)25-14-7-3-2-4-8-14)11-24-29(21(18)30)12-13-6-5-9-17-15(13)10-23-27-17/h2-11,21,30H,12H2,1H3,(H,23,27)(H,25,26). The van der Waals surface area contributed by atoms with Crippen molar-refractivity contribution in [2.24, 2.45) is 12.1 Å². The number of hydrogen-bond donors (Lipinski definition) is 3. The molecule has 1 aliphatic rings. The highest BCUT2D eigenvalue weighted by Gasteiger charge is 2.30. The lowest BCUT2D eigenvalue weighted by Gasteiger charge is -2.29. The average Bonchev–Trinajstić information content (AvgIpc) is 3.48. The van der Waals surface area contributed by atoms with Crippen molar-refractivity contribution in [2.45, 2.75) is 12.8 Å². The summed E-state index contributed by atoms with van der Waals surface area (Å²) in [5, 5.41) is 29.7. The fourth-order valence-electron chi connectivity index (χ4n) is 4.07. The van der Waals surface area contributed by atoms with E-state index >= 15 is 0 Å². The SMILES string of the molecule is Cn1c2c(c3sc(Nc4ccccc4)nc31)C=NN(Cc1cccc3[nH]ncc13)C2O. The molecular formula is C22H19N7OS. The van der Waals surface area contributed by atoms with E-state index < -0.39 is 6.23 Å². The van der Waals surface area contributed by atoms with Crippen LogP contribution in [0.15, 0.2) is 59.8 Å². The van der Waals surface area contributed by atoms with Gasteiger partial charge in [0.15, 0.2) is 17.0 Å².